The van der Waals surface area contributed by atoms with E-state index >= 15 is 0 Å². The molecule has 0 fully saturated rings. The lowest BCUT2D eigenvalue weighted by Crippen LogP contribution is -2.14. The first-order chi connectivity index (χ1) is 7.38. The standard InChI is InChI=1S/C12H16ClNO/c1-15-10-12-6-3-2-5-11(12)9-14-8-4-7-13/h2-7,14H,8-10H2,1H3/b7-4+. The normalized spacial score (nSPS) is 11.1. The molecule has 0 aliphatic rings. The number of nitrogens with one attached hydrogen (secondary N) is 1. The van der Waals surface area contributed by atoms with Crippen LogP contribution in [0.4, 0.5) is 0 Å². The molecule has 1 aromatic rings. The maximum absolute atomic E-state index is 5.42. The minimum absolute atomic E-state index is 0.656. The molecule has 0 amide bonds. The van der Waals surface area contributed by atoms with E-state index in [2.05, 4.69) is 17.4 Å². The van der Waals surface area contributed by atoms with Gasteiger partial charge in [-0.25, -0.2) is 0 Å². The molecule has 0 unspecified atom stereocenters. The fourth-order valence-electron chi connectivity index (χ4n) is 1.36. The van der Waals surface area contributed by atoms with Crippen molar-refractivity contribution >= 4 is 11.6 Å². The van der Waals surface area contributed by atoms with Crippen LogP contribution in [0.2, 0.25) is 0 Å². The molecule has 0 aromatic heterocycles. The van der Waals surface area contributed by atoms with E-state index in [-0.39, 0.29) is 0 Å². The van der Waals surface area contributed by atoms with Crippen LogP contribution in [0.3, 0.4) is 0 Å². The number of halogens is 1. The Morgan fingerprint density at radius 1 is 1.33 bits per heavy atom. The van der Waals surface area contributed by atoms with Gasteiger partial charge in [-0.05, 0) is 11.1 Å². The van der Waals surface area contributed by atoms with Crippen LogP contribution in [-0.4, -0.2) is 13.7 Å². The third-order valence-corrected chi connectivity index (χ3v) is 2.26. The monoisotopic (exact) mass is 225 g/mol. The highest BCUT2D eigenvalue weighted by atomic mass is 35.5. The smallest absolute Gasteiger partial charge is 0.0716 e. The number of methoxy groups -OCH3 is 1. The van der Waals surface area contributed by atoms with E-state index in [9.17, 15) is 0 Å². The number of hydrogen-bond acceptors (Lipinski definition) is 2. The second-order valence-electron chi connectivity index (χ2n) is 3.19. The zero-order valence-corrected chi connectivity index (χ0v) is 9.63. The third kappa shape index (κ3) is 4.47. The molecule has 0 aliphatic heterocycles. The Morgan fingerprint density at radius 2 is 2.07 bits per heavy atom. The minimum atomic E-state index is 0.656. The summed E-state index contributed by atoms with van der Waals surface area (Å²) in [6.07, 6.45) is 1.88. The van der Waals surface area contributed by atoms with Crippen molar-refractivity contribution in [2.75, 3.05) is 13.7 Å². The van der Waals surface area contributed by atoms with Crippen molar-refractivity contribution in [2.45, 2.75) is 13.2 Å². The average molecular weight is 226 g/mol. The second-order valence-corrected chi connectivity index (χ2v) is 3.45. The molecule has 0 atom stereocenters. The second kappa shape index (κ2) is 7.46. The summed E-state index contributed by atoms with van der Waals surface area (Å²) in [6.45, 7) is 2.27. The van der Waals surface area contributed by atoms with Crippen molar-refractivity contribution in [3.8, 4) is 0 Å². The molecule has 82 valence electrons. The Morgan fingerprint density at radius 3 is 2.73 bits per heavy atom. The molecule has 1 aromatic carbocycles. The Labute approximate surface area is 95.9 Å². The van der Waals surface area contributed by atoms with Gasteiger partial charge < -0.3 is 10.1 Å². The first kappa shape index (κ1) is 12.2. The summed E-state index contributed by atoms with van der Waals surface area (Å²) >= 11 is 5.42. The highest BCUT2D eigenvalue weighted by Crippen LogP contribution is 2.09. The molecule has 0 heterocycles. The van der Waals surface area contributed by atoms with E-state index < -0.39 is 0 Å². The molecule has 0 aliphatic carbocycles. The summed E-state index contributed by atoms with van der Waals surface area (Å²) in [6, 6.07) is 8.24. The summed E-state index contributed by atoms with van der Waals surface area (Å²) in [7, 11) is 1.71. The largest absolute Gasteiger partial charge is 0.380 e. The van der Waals surface area contributed by atoms with Crippen LogP contribution in [-0.2, 0) is 17.9 Å². The Kier molecular flexibility index (Phi) is 6.09. The fraction of sp³-hybridized carbons (Fsp3) is 0.333. The van der Waals surface area contributed by atoms with Crippen LogP contribution < -0.4 is 5.32 Å². The molecule has 0 saturated heterocycles. The van der Waals surface area contributed by atoms with Crippen LogP contribution in [0, 0.1) is 0 Å². The highest BCUT2D eigenvalue weighted by molar-refractivity contribution is 6.25. The summed E-state index contributed by atoms with van der Waals surface area (Å²) in [5.74, 6) is 0. The van der Waals surface area contributed by atoms with Gasteiger partial charge in [0.15, 0.2) is 0 Å². The summed E-state index contributed by atoms with van der Waals surface area (Å²) in [5, 5.41) is 3.27. The Bertz CT molecular complexity index is 312. The van der Waals surface area contributed by atoms with E-state index in [0.29, 0.717) is 6.61 Å². The van der Waals surface area contributed by atoms with Crippen LogP contribution in [0.25, 0.3) is 0 Å². The Hall–Kier alpha value is -0.830. The van der Waals surface area contributed by atoms with E-state index in [1.165, 1.54) is 16.7 Å². The van der Waals surface area contributed by atoms with Gasteiger partial charge in [-0.3, -0.25) is 0 Å². The zero-order chi connectivity index (χ0) is 10.9. The lowest BCUT2D eigenvalue weighted by molar-refractivity contribution is 0.184. The first-order valence-corrected chi connectivity index (χ1v) is 5.33. The van der Waals surface area contributed by atoms with Gasteiger partial charge in [-0.2, -0.15) is 0 Å². The first-order valence-electron chi connectivity index (χ1n) is 4.90. The maximum Gasteiger partial charge on any atom is 0.0716 e. The van der Waals surface area contributed by atoms with Gasteiger partial charge in [0.1, 0.15) is 0 Å². The lowest BCUT2D eigenvalue weighted by Gasteiger charge is -2.08. The molecular formula is C12H16ClNO. The van der Waals surface area contributed by atoms with Gasteiger partial charge in [0, 0.05) is 25.7 Å². The molecule has 0 saturated carbocycles. The van der Waals surface area contributed by atoms with E-state index in [4.69, 9.17) is 16.3 Å². The molecule has 2 nitrogen and oxygen atoms in total. The number of rotatable bonds is 6. The summed E-state index contributed by atoms with van der Waals surface area (Å²) in [4.78, 5) is 0. The number of benzene rings is 1. The predicted molar refractivity (Wildman–Crippen MR) is 63.9 cm³/mol. The Balaban J connectivity index is 2.51. The van der Waals surface area contributed by atoms with Gasteiger partial charge in [-0.1, -0.05) is 41.9 Å². The molecule has 15 heavy (non-hydrogen) atoms. The number of hydrogen-bond donors (Lipinski definition) is 1. The molecule has 0 bridgehead atoms. The zero-order valence-electron chi connectivity index (χ0n) is 8.87. The molecule has 1 N–H and O–H groups in total. The van der Waals surface area contributed by atoms with E-state index in [1.54, 1.807) is 7.11 Å². The maximum atomic E-state index is 5.42. The average Bonchev–Trinajstić information content (AvgIpc) is 2.27. The molecular weight excluding hydrogens is 210 g/mol. The van der Waals surface area contributed by atoms with Crippen molar-refractivity contribution in [1.29, 1.82) is 0 Å². The molecule has 0 radical (unpaired) electrons. The summed E-state index contributed by atoms with van der Waals surface area (Å²) in [5.41, 5.74) is 4.01. The SMILES string of the molecule is COCc1ccccc1CNC/C=C/Cl. The van der Waals surface area contributed by atoms with Gasteiger partial charge in [-0.15, -0.1) is 0 Å². The van der Waals surface area contributed by atoms with Gasteiger partial charge in [0.05, 0.1) is 6.61 Å². The van der Waals surface area contributed by atoms with Gasteiger partial charge in [0.2, 0.25) is 0 Å². The van der Waals surface area contributed by atoms with Crippen molar-refractivity contribution in [3.63, 3.8) is 0 Å². The third-order valence-electron chi connectivity index (χ3n) is 2.08. The van der Waals surface area contributed by atoms with Crippen LogP contribution in [0.5, 0.6) is 0 Å². The van der Waals surface area contributed by atoms with Gasteiger partial charge >= 0.3 is 0 Å². The van der Waals surface area contributed by atoms with Crippen molar-refractivity contribution in [2.24, 2.45) is 0 Å². The van der Waals surface area contributed by atoms with Crippen molar-refractivity contribution in [3.05, 3.63) is 47.0 Å². The minimum Gasteiger partial charge on any atom is -0.380 e. The quantitative estimate of drug-likeness (QED) is 0.752. The van der Waals surface area contributed by atoms with Gasteiger partial charge in [0.25, 0.3) is 0 Å². The molecule has 1 rings (SSSR count). The van der Waals surface area contributed by atoms with Crippen LogP contribution in [0.1, 0.15) is 11.1 Å². The van der Waals surface area contributed by atoms with E-state index in [0.717, 1.165) is 13.1 Å². The molecule has 3 heteroatoms. The predicted octanol–water partition coefficient (Wildman–Crippen LogP) is 2.68. The van der Waals surface area contributed by atoms with Crippen LogP contribution >= 0.6 is 11.6 Å². The highest BCUT2D eigenvalue weighted by Gasteiger charge is 1.99. The van der Waals surface area contributed by atoms with Crippen molar-refractivity contribution < 1.29 is 4.74 Å². The van der Waals surface area contributed by atoms with Crippen molar-refractivity contribution in [1.82, 2.24) is 5.32 Å². The van der Waals surface area contributed by atoms with E-state index in [1.807, 2.05) is 18.2 Å². The number of ether oxygens (including phenoxy) is 1. The molecule has 0 spiro atoms. The lowest BCUT2D eigenvalue weighted by atomic mass is 10.1. The fourth-order valence-corrected chi connectivity index (χ4v) is 1.45. The van der Waals surface area contributed by atoms with Crippen LogP contribution in [0.15, 0.2) is 35.9 Å². The topological polar surface area (TPSA) is 21.3 Å². The summed E-state index contributed by atoms with van der Waals surface area (Å²) < 4.78 is 5.13.